The monoisotopic (exact) mass is 261 g/mol. The number of nitrogens with one attached hydrogen (secondary N) is 1. The summed E-state index contributed by atoms with van der Waals surface area (Å²) in [6.07, 6.45) is 2.73. The van der Waals surface area contributed by atoms with Gasteiger partial charge in [0.2, 0.25) is 5.95 Å². The molecule has 1 aromatic rings. The lowest BCUT2D eigenvalue weighted by molar-refractivity contribution is 0.0726. The zero-order valence-corrected chi connectivity index (χ0v) is 9.36. The normalized spacial score (nSPS) is 12.5. The standard InChI is InChI=1S/C8H12BrN3O2/c1-14-5-7(13)4-12-8-10-2-6(9)3-11-8/h2-3,7,13H,4-5H2,1H3,(H,10,11,12)/t7-/m0/s1. The fourth-order valence-electron chi connectivity index (χ4n) is 0.864. The second kappa shape index (κ2) is 5.90. The highest BCUT2D eigenvalue weighted by molar-refractivity contribution is 9.10. The van der Waals surface area contributed by atoms with Gasteiger partial charge in [-0.1, -0.05) is 0 Å². The molecule has 1 aromatic heterocycles. The Bertz CT molecular complexity index is 268. The van der Waals surface area contributed by atoms with E-state index in [1.54, 1.807) is 19.5 Å². The molecule has 0 amide bonds. The van der Waals surface area contributed by atoms with Crippen molar-refractivity contribution in [1.29, 1.82) is 0 Å². The van der Waals surface area contributed by atoms with Crippen LogP contribution < -0.4 is 5.32 Å². The smallest absolute Gasteiger partial charge is 0.222 e. The number of halogens is 1. The number of nitrogens with zero attached hydrogens (tertiary/aromatic N) is 2. The third kappa shape index (κ3) is 3.99. The molecule has 0 aliphatic carbocycles. The summed E-state index contributed by atoms with van der Waals surface area (Å²) < 4.78 is 5.59. The molecule has 78 valence electrons. The summed E-state index contributed by atoms with van der Waals surface area (Å²) in [5.41, 5.74) is 0. The molecule has 6 heteroatoms. The summed E-state index contributed by atoms with van der Waals surface area (Å²) in [5, 5.41) is 12.2. The van der Waals surface area contributed by atoms with Crippen molar-refractivity contribution in [2.45, 2.75) is 6.10 Å². The lowest BCUT2D eigenvalue weighted by Crippen LogP contribution is -2.24. The zero-order valence-electron chi connectivity index (χ0n) is 7.77. The summed E-state index contributed by atoms with van der Waals surface area (Å²) in [4.78, 5) is 7.98. The van der Waals surface area contributed by atoms with Gasteiger partial charge in [-0.2, -0.15) is 0 Å². The molecule has 0 saturated heterocycles. The van der Waals surface area contributed by atoms with Crippen molar-refractivity contribution in [3.05, 3.63) is 16.9 Å². The highest BCUT2D eigenvalue weighted by Gasteiger charge is 2.03. The minimum Gasteiger partial charge on any atom is -0.389 e. The van der Waals surface area contributed by atoms with E-state index in [0.29, 0.717) is 19.1 Å². The maximum Gasteiger partial charge on any atom is 0.222 e. The maximum atomic E-state index is 9.31. The Hall–Kier alpha value is -0.720. The Morgan fingerprint density at radius 1 is 1.57 bits per heavy atom. The highest BCUT2D eigenvalue weighted by atomic mass is 79.9. The number of hydrogen-bond donors (Lipinski definition) is 2. The molecule has 1 heterocycles. The molecule has 2 N–H and O–H groups in total. The predicted molar refractivity (Wildman–Crippen MR) is 56.1 cm³/mol. The quantitative estimate of drug-likeness (QED) is 0.815. The average molecular weight is 262 g/mol. The van der Waals surface area contributed by atoms with Crippen LogP contribution in [-0.4, -0.2) is 41.4 Å². The van der Waals surface area contributed by atoms with Gasteiger partial charge in [0.15, 0.2) is 0 Å². The Morgan fingerprint density at radius 3 is 2.79 bits per heavy atom. The molecule has 0 aromatic carbocycles. The van der Waals surface area contributed by atoms with Crippen LogP contribution in [-0.2, 0) is 4.74 Å². The van der Waals surface area contributed by atoms with Crippen LogP contribution >= 0.6 is 15.9 Å². The number of ether oxygens (including phenoxy) is 1. The van der Waals surface area contributed by atoms with Crippen molar-refractivity contribution < 1.29 is 9.84 Å². The number of methoxy groups -OCH3 is 1. The largest absolute Gasteiger partial charge is 0.389 e. The predicted octanol–water partition coefficient (Wildman–Crippen LogP) is 0.658. The van der Waals surface area contributed by atoms with Gasteiger partial charge in [-0.05, 0) is 15.9 Å². The van der Waals surface area contributed by atoms with Crippen LogP contribution in [0.25, 0.3) is 0 Å². The molecule has 0 spiro atoms. The van der Waals surface area contributed by atoms with E-state index in [9.17, 15) is 5.11 Å². The van der Waals surface area contributed by atoms with Gasteiger partial charge in [-0.15, -0.1) is 0 Å². The molecular formula is C8H12BrN3O2. The third-order valence-electron chi connectivity index (χ3n) is 1.48. The summed E-state index contributed by atoms with van der Waals surface area (Å²) in [6.45, 7) is 0.666. The molecule has 14 heavy (non-hydrogen) atoms. The topological polar surface area (TPSA) is 67.3 Å². The van der Waals surface area contributed by atoms with Crippen LogP contribution in [0.5, 0.6) is 0 Å². The summed E-state index contributed by atoms with van der Waals surface area (Å²) >= 11 is 3.23. The van der Waals surface area contributed by atoms with Crippen molar-refractivity contribution >= 4 is 21.9 Å². The highest BCUT2D eigenvalue weighted by Crippen LogP contribution is 2.06. The molecular weight excluding hydrogens is 250 g/mol. The van der Waals surface area contributed by atoms with E-state index in [1.165, 1.54) is 0 Å². The maximum absolute atomic E-state index is 9.31. The summed E-state index contributed by atoms with van der Waals surface area (Å²) in [7, 11) is 1.54. The first-order valence-corrected chi connectivity index (χ1v) is 4.90. The average Bonchev–Trinajstić information content (AvgIpc) is 2.17. The van der Waals surface area contributed by atoms with Crippen molar-refractivity contribution in [3.8, 4) is 0 Å². The Labute approximate surface area is 90.7 Å². The van der Waals surface area contributed by atoms with E-state index in [4.69, 9.17) is 4.74 Å². The van der Waals surface area contributed by atoms with Crippen LogP contribution in [0.4, 0.5) is 5.95 Å². The molecule has 0 saturated carbocycles. The first-order valence-electron chi connectivity index (χ1n) is 4.11. The van der Waals surface area contributed by atoms with Crippen molar-refractivity contribution in [2.75, 3.05) is 25.6 Å². The SMILES string of the molecule is COC[C@@H](O)CNc1ncc(Br)cn1. The first-order chi connectivity index (χ1) is 6.72. The number of aliphatic hydroxyl groups excluding tert-OH is 1. The van der Waals surface area contributed by atoms with Gasteiger partial charge in [-0.25, -0.2) is 9.97 Å². The molecule has 1 rings (SSSR count). The van der Waals surface area contributed by atoms with Crippen LogP contribution in [0.2, 0.25) is 0 Å². The number of anilines is 1. The van der Waals surface area contributed by atoms with E-state index in [2.05, 4.69) is 31.2 Å². The van der Waals surface area contributed by atoms with Crippen LogP contribution in [0.1, 0.15) is 0 Å². The Kier molecular flexibility index (Phi) is 4.78. The summed E-state index contributed by atoms with van der Waals surface area (Å²) in [5.74, 6) is 0.489. The van der Waals surface area contributed by atoms with Crippen LogP contribution in [0.3, 0.4) is 0 Å². The van der Waals surface area contributed by atoms with E-state index in [-0.39, 0.29) is 0 Å². The van der Waals surface area contributed by atoms with Gasteiger partial charge in [0.25, 0.3) is 0 Å². The number of aliphatic hydroxyl groups is 1. The first kappa shape index (κ1) is 11.4. The van der Waals surface area contributed by atoms with Gasteiger partial charge in [-0.3, -0.25) is 0 Å². The van der Waals surface area contributed by atoms with E-state index < -0.39 is 6.10 Å². The molecule has 1 atom stereocenters. The van der Waals surface area contributed by atoms with Crippen LogP contribution in [0.15, 0.2) is 16.9 Å². The molecule has 0 aliphatic rings. The zero-order chi connectivity index (χ0) is 10.4. The van der Waals surface area contributed by atoms with Crippen molar-refractivity contribution in [1.82, 2.24) is 9.97 Å². The molecule has 0 bridgehead atoms. The van der Waals surface area contributed by atoms with Gasteiger partial charge < -0.3 is 15.2 Å². The van der Waals surface area contributed by atoms with Crippen molar-refractivity contribution in [3.63, 3.8) is 0 Å². The molecule has 5 nitrogen and oxygen atoms in total. The third-order valence-corrected chi connectivity index (χ3v) is 1.88. The fraction of sp³-hybridized carbons (Fsp3) is 0.500. The lowest BCUT2D eigenvalue weighted by atomic mass is 10.4. The van der Waals surface area contributed by atoms with Crippen LogP contribution in [0, 0.1) is 0 Å². The van der Waals surface area contributed by atoms with Gasteiger partial charge in [0.05, 0.1) is 17.2 Å². The second-order valence-corrected chi connectivity index (χ2v) is 3.63. The second-order valence-electron chi connectivity index (χ2n) is 2.71. The van der Waals surface area contributed by atoms with E-state index in [1.807, 2.05) is 0 Å². The Balaban J connectivity index is 2.34. The number of hydrogen-bond acceptors (Lipinski definition) is 5. The van der Waals surface area contributed by atoms with Gasteiger partial charge in [0.1, 0.15) is 0 Å². The summed E-state index contributed by atoms with van der Waals surface area (Å²) in [6, 6.07) is 0. The van der Waals surface area contributed by atoms with E-state index >= 15 is 0 Å². The number of aromatic nitrogens is 2. The lowest BCUT2D eigenvalue weighted by Gasteiger charge is -2.09. The van der Waals surface area contributed by atoms with Gasteiger partial charge in [0, 0.05) is 26.0 Å². The van der Waals surface area contributed by atoms with Gasteiger partial charge >= 0.3 is 0 Å². The minimum absolute atomic E-state index is 0.295. The molecule has 0 aliphatic heterocycles. The van der Waals surface area contributed by atoms with E-state index in [0.717, 1.165) is 4.47 Å². The van der Waals surface area contributed by atoms with Crippen molar-refractivity contribution in [2.24, 2.45) is 0 Å². The minimum atomic E-state index is -0.549. The molecule has 0 fully saturated rings. The fourth-order valence-corrected chi connectivity index (χ4v) is 1.07. The molecule has 0 unspecified atom stereocenters. The Morgan fingerprint density at radius 2 is 2.21 bits per heavy atom. The molecule has 0 radical (unpaired) electrons. The number of rotatable bonds is 5.